The summed E-state index contributed by atoms with van der Waals surface area (Å²) in [5.74, 6) is -1.27. The lowest BCUT2D eigenvalue weighted by molar-refractivity contribution is -0.117. The average Bonchev–Trinajstić information content (AvgIpc) is 3.26. The van der Waals surface area contributed by atoms with Crippen molar-refractivity contribution in [3.63, 3.8) is 0 Å². The molecule has 0 bridgehead atoms. The third-order valence-corrected chi connectivity index (χ3v) is 4.92. The monoisotopic (exact) mass is 409 g/mol. The molecule has 27 heavy (non-hydrogen) atoms. The Hall–Kier alpha value is -2.51. The largest absolute Gasteiger partial charge is 0.339 e. The van der Waals surface area contributed by atoms with Crippen molar-refractivity contribution in [2.45, 2.75) is 12.3 Å². The van der Waals surface area contributed by atoms with Crippen LogP contribution in [0.2, 0.25) is 10.0 Å². The van der Waals surface area contributed by atoms with Crippen molar-refractivity contribution in [3.05, 3.63) is 64.0 Å². The van der Waals surface area contributed by atoms with Crippen LogP contribution in [0.15, 0.2) is 40.9 Å². The van der Waals surface area contributed by atoms with Crippen LogP contribution in [-0.2, 0) is 4.79 Å². The Kier molecular flexibility index (Phi) is 4.57. The zero-order valence-corrected chi connectivity index (χ0v) is 15.1. The van der Waals surface area contributed by atoms with Crippen LogP contribution < -0.4 is 4.90 Å². The molecule has 1 atom stereocenters. The molecule has 4 rings (SSSR count). The molecule has 2 aromatic carbocycles. The zero-order chi connectivity index (χ0) is 19.1. The summed E-state index contributed by atoms with van der Waals surface area (Å²) >= 11 is 11.8. The number of carbonyl (C=O) groups is 1. The molecule has 1 aliphatic heterocycles. The van der Waals surface area contributed by atoms with Gasteiger partial charge in [-0.05, 0) is 36.4 Å². The number of nitrogens with zero attached hydrogens (tertiary/aromatic N) is 3. The number of hydrogen-bond acceptors (Lipinski definition) is 4. The summed E-state index contributed by atoms with van der Waals surface area (Å²) in [6.45, 7) is 0.221. The molecule has 1 aromatic heterocycles. The number of hydrogen-bond donors (Lipinski definition) is 0. The normalized spacial score (nSPS) is 17.0. The lowest BCUT2D eigenvalue weighted by atomic mass is 10.1. The van der Waals surface area contributed by atoms with E-state index in [0.29, 0.717) is 11.3 Å². The Morgan fingerprint density at radius 2 is 1.89 bits per heavy atom. The smallest absolute Gasteiger partial charge is 0.232 e. The van der Waals surface area contributed by atoms with E-state index in [0.717, 1.165) is 0 Å². The van der Waals surface area contributed by atoms with Crippen molar-refractivity contribution in [3.8, 4) is 11.4 Å². The van der Waals surface area contributed by atoms with Crippen molar-refractivity contribution in [2.24, 2.45) is 0 Å². The minimum Gasteiger partial charge on any atom is -0.339 e. The number of amides is 1. The van der Waals surface area contributed by atoms with E-state index in [1.165, 1.54) is 35.2 Å². The van der Waals surface area contributed by atoms with Gasteiger partial charge in [0.1, 0.15) is 11.6 Å². The molecule has 1 saturated heterocycles. The SMILES string of the molecule is O=C1CC(c2nc(-c3ccc(Cl)c(F)c3)no2)CN1c1cc(F)ccc1Cl. The number of aromatic nitrogens is 2. The van der Waals surface area contributed by atoms with Gasteiger partial charge >= 0.3 is 0 Å². The first-order valence-electron chi connectivity index (χ1n) is 7.97. The van der Waals surface area contributed by atoms with Gasteiger partial charge in [0, 0.05) is 18.5 Å². The van der Waals surface area contributed by atoms with Crippen LogP contribution >= 0.6 is 23.2 Å². The fraction of sp³-hybridized carbons (Fsp3) is 0.167. The molecule has 9 heteroatoms. The van der Waals surface area contributed by atoms with Gasteiger partial charge in [-0.3, -0.25) is 4.79 Å². The third-order valence-electron chi connectivity index (χ3n) is 4.29. The summed E-state index contributed by atoms with van der Waals surface area (Å²) in [4.78, 5) is 18.0. The highest BCUT2D eigenvalue weighted by atomic mass is 35.5. The quantitative estimate of drug-likeness (QED) is 0.620. The molecule has 1 unspecified atom stereocenters. The first-order chi connectivity index (χ1) is 12.9. The Bertz CT molecular complexity index is 1040. The van der Waals surface area contributed by atoms with Crippen LogP contribution in [0.25, 0.3) is 11.4 Å². The fourth-order valence-electron chi connectivity index (χ4n) is 2.95. The molecule has 1 amide bonds. The van der Waals surface area contributed by atoms with Gasteiger partial charge in [0.05, 0.1) is 21.7 Å². The molecule has 0 radical (unpaired) electrons. The van der Waals surface area contributed by atoms with E-state index in [1.54, 1.807) is 6.07 Å². The second-order valence-electron chi connectivity index (χ2n) is 6.09. The zero-order valence-electron chi connectivity index (χ0n) is 13.6. The molecular weight excluding hydrogens is 399 g/mol. The molecule has 138 valence electrons. The maximum Gasteiger partial charge on any atom is 0.232 e. The minimum absolute atomic E-state index is 0.00790. The van der Waals surface area contributed by atoms with Crippen molar-refractivity contribution >= 4 is 34.8 Å². The Balaban J connectivity index is 1.58. The van der Waals surface area contributed by atoms with Gasteiger partial charge < -0.3 is 9.42 Å². The van der Waals surface area contributed by atoms with E-state index in [4.69, 9.17) is 27.7 Å². The van der Waals surface area contributed by atoms with Crippen molar-refractivity contribution < 1.29 is 18.1 Å². The van der Waals surface area contributed by atoms with E-state index in [1.807, 2.05) is 0 Å². The maximum absolute atomic E-state index is 13.6. The number of benzene rings is 2. The first-order valence-corrected chi connectivity index (χ1v) is 8.72. The van der Waals surface area contributed by atoms with Crippen molar-refractivity contribution in [2.75, 3.05) is 11.4 Å². The van der Waals surface area contributed by atoms with E-state index in [9.17, 15) is 13.6 Å². The molecule has 1 fully saturated rings. The van der Waals surface area contributed by atoms with Gasteiger partial charge in [-0.25, -0.2) is 8.78 Å². The summed E-state index contributed by atoms with van der Waals surface area (Å²) in [5, 5.41) is 4.11. The number of rotatable bonds is 3. The lowest BCUT2D eigenvalue weighted by Gasteiger charge is -2.17. The highest BCUT2D eigenvalue weighted by molar-refractivity contribution is 6.33. The summed E-state index contributed by atoms with van der Waals surface area (Å²) in [7, 11) is 0. The van der Waals surface area contributed by atoms with E-state index in [-0.39, 0.29) is 46.6 Å². The van der Waals surface area contributed by atoms with Gasteiger partial charge in [0.2, 0.25) is 17.6 Å². The number of anilines is 1. The molecular formula is C18H11Cl2F2N3O2. The lowest BCUT2D eigenvalue weighted by Crippen LogP contribution is -2.24. The third kappa shape index (κ3) is 3.40. The summed E-state index contributed by atoms with van der Waals surface area (Å²) < 4.78 is 32.4. The Labute approximate surface area is 162 Å². The molecule has 0 N–H and O–H groups in total. The van der Waals surface area contributed by atoms with Crippen molar-refractivity contribution in [1.82, 2.24) is 10.1 Å². The summed E-state index contributed by atoms with van der Waals surface area (Å²) in [5.41, 5.74) is 0.699. The minimum atomic E-state index is -0.594. The van der Waals surface area contributed by atoms with Crippen LogP contribution in [0.5, 0.6) is 0 Å². The highest BCUT2D eigenvalue weighted by Gasteiger charge is 2.36. The Morgan fingerprint density at radius 1 is 1.11 bits per heavy atom. The second kappa shape index (κ2) is 6.90. The van der Waals surface area contributed by atoms with Gasteiger partial charge in [-0.15, -0.1) is 0 Å². The molecule has 3 aromatic rings. The van der Waals surface area contributed by atoms with Crippen LogP contribution in [-0.4, -0.2) is 22.6 Å². The molecule has 5 nitrogen and oxygen atoms in total. The van der Waals surface area contributed by atoms with Gasteiger partial charge in [-0.1, -0.05) is 28.4 Å². The van der Waals surface area contributed by atoms with Crippen molar-refractivity contribution in [1.29, 1.82) is 0 Å². The van der Waals surface area contributed by atoms with Crippen LogP contribution in [0.3, 0.4) is 0 Å². The highest BCUT2D eigenvalue weighted by Crippen LogP contribution is 2.35. The molecule has 0 aliphatic carbocycles. The predicted molar refractivity (Wildman–Crippen MR) is 95.8 cm³/mol. The van der Waals surface area contributed by atoms with Gasteiger partial charge in [0.25, 0.3) is 0 Å². The van der Waals surface area contributed by atoms with E-state index < -0.39 is 11.6 Å². The first kappa shape index (κ1) is 17.9. The number of halogens is 4. The van der Waals surface area contributed by atoms with Crippen LogP contribution in [0.4, 0.5) is 14.5 Å². The van der Waals surface area contributed by atoms with Gasteiger partial charge in [0.15, 0.2) is 0 Å². The molecule has 0 saturated carbocycles. The maximum atomic E-state index is 13.6. The van der Waals surface area contributed by atoms with E-state index >= 15 is 0 Å². The fourth-order valence-corrected chi connectivity index (χ4v) is 3.29. The van der Waals surface area contributed by atoms with Gasteiger partial charge in [-0.2, -0.15) is 4.98 Å². The van der Waals surface area contributed by atoms with Crippen LogP contribution in [0, 0.1) is 11.6 Å². The Morgan fingerprint density at radius 3 is 2.67 bits per heavy atom. The van der Waals surface area contributed by atoms with E-state index in [2.05, 4.69) is 10.1 Å². The topological polar surface area (TPSA) is 59.2 Å². The summed E-state index contributed by atoms with van der Waals surface area (Å²) in [6.07, 6.45) is 0.115. The molecule has 2 heterocycles. The molecule has 1 aliphatic rings. The standard InChI is InChI=1S/C18H11Cl2F2N3O2/c19-12-3-1-9(5-14(12)22)17-23-18(27-24-17)10-6-16(26)25(8-10)15-7-11(21)2-4-13(15)20/h1-5,7,10H,6,8H2. The average molecular weight is 410 g/mol. The summed E-state index contributed by atoms with van der Waals surface area (Å²) in [6, 6.07) is 7.99. The predicted octanol–water partition coefficient (Wildman–Crippen LogP) is 4.84. The van der Waals surface area contributed by atoms with Crippen LogP contribution in [0.1, 0.15) is 18.2 Å². The number of carbonyl (C=O) groups excluding carboxylic acids is 1. The second-order valence-corrected chi connectivity index (χ2v) is 6.90. The molecule has 0 spiro atoms.